The van der Waals surface area contributed by atoms with Crippen molar-refractivity contribution in [3.05, 3.63) is 42.0 Å². The monoisotopic (exact) mass is 311 g/mol. The van der Waals surface area contributed by atoms with E-state index in [4.69, 9.17) is 9.47 Å². The third-order valence-corrected chi connectivity index (χ3v) is 3.87. The van der Waals surface area contributed by atoms with E-state index >= 15 is 0 Å². The molecule has 0 unspecified atom stereocenters. The zero-order chi connectivity index (χ0) is 15.6. The zero-order valence-electron chi connectivity index (χ0n) is 12.8. The second kappa shape index (κ2) is 5.85. The number of aromatic nitrogens is 2. The normalized spacial score (nSPS) is 17.3. The summed E-state index contributed by atoms with van der Waals surface area (Å²) in [6, 6.07) is 11.7. The first-order valence-electron chi connectivity index (χ1n) is 7.57. The number of anilines is 2. The van der Waals surface area contributed by atoms with E-state index in [-0.39, 0.29) is 0 Å². The lowest BCUT2D eigenvalue weighted by atomic mass is 10.2. The van der Waals surface area contributed by atoms with Crippen molar-refractivity contribution in [3.63, 3.8) is 0 Å². The highest BCUT2D eigenvalue weighted by atomic mass is 16.5. The summed E-state index contributed by atoms with van der Waals surface area (Å²) < 4.78 is 11.2. The summed E-state index contributed by atoms with van der Waals surface area (Å²) in [5.41, 5.74) is 1.71. The number of hydrogen-bond donors (Lipinski definition) is 0. The van der Waals surface area contributed by atoms with Crippen molar-refractivity contribution in [1.82, 2.24) is 10.2 Å². The van der Waals surface area contributed by atoms with E-state index in [1.54, 1.807) is 5.01 Å². The van der Waals surface area contributed by atoms with Gasteiger partial charge in [-0.25, -0.2) is 0 Å². The summed E-state index contributed by atoms with van der Waals surface area (Å²) in [5, 5.41) is 14.8. The third kappa shape index (κ3) is 2.70. The molecule has 0 aliphatic carbocycles. The molecule has 7 heteroatoms. The number of hydrogen-bond acceptors (Lipinski definition) is 7. The first-order valence-corrected chi connectivity index (χ1v) is 7.57. The van der Waals surface area contributed by atoms with Crippen LogP contribution in [0.3, 0.4) is 0 Å². The van der Waals surface area contributed by atoms with Crippen molar-refractivity contribution in [1.29, 1.82) is 0 Å². The molecule has 1 fully saturated rings. The number of fused-ring (bicyclic) bond motifs is 1. The molecule has 0 spiro atoms. The molecule has 2 aliphatic rings. The Morgan fingerprint density at radius 3 is 2.61 bits per heavy atom. The van der Waals surface area contributed by atoms with Gasteiger partial charge in [0.2, 0.25) is 5.90 Å². The lowest BCUT2D eigenvalue weighted by Crippen LogP contribution is -2.37. The van der Waals surface area contributed by atoms with Crippen molar-refractivity contribution in [2.45, 2.75) is 0 Å². The molecule has 1 aromatic carbocycles. The first-order chi connectivity index (χ1) is 11.3. The van der Waals surface area contributed by atoms with Gasteiger partial charge >= 0.3 is 0 Å². The smallest absolute Gasteiger partial charge is 0.266 e. The van der Waals surface area contributed by atoms with E-state index in [2.05, 4.69) is 20.2 Å². The second-order valence-corrected chi connectivity index (χ2v) is 5.39. The molecule has 2 aromatic rings. The summed E-state index contributed by atoms with van der Waals surface area (Å²) in [7, 11) is 1.88. The number of morpholine rings is 1. The van der Waals surface area contributed by atoms with Crippen molar-refractivity contribution < 1.29 is 9.47 Å². The molecular weight excluding hydrogens is 294 g/mol. The molecule has 1 saturated heterocycles. The first kappa shape index (κ1) is 14.0. The van der Waals surface area contributed by atoms with E-state index in [0.29, 0.717) is 25.0 Å². The molecule has 0 saturated carbocycles. The lowest BCUT2D eigenvalue weighted by molar-refractivity contribution is 0.122. The van der Waals surface area contributed by atoms with Gasteiger partial charge in [-0.15, -0.1) is 15.3 Å². The Hall–Kier alpha value is -2.67. The maximum absolute atomic E-state index is 5.82. The number of hydrazone groups is 1. The average molecular weight is 311 g/mol. The molecule has 23 heavy (non-hydrogen) atoms. The summed E-state index contributed by atoms with van der Waals surface area (Å²) in [5.74, 6) is 1.81. The Morgan fingerprint density at radius 2 is 1.83 bits per heavy atom. The van der Waals surface area contributed by atoms with Gasteiger partial charge in [0.1, 0.15) is 5.69 Å². The predicted octanol–water partition coefficient (Wildman–Crippen LogP) is 1.50. The largest absolute Gasteiger partial charge is 0.415 e. The molecule has 0 N–H and O–H groups in total. The summed E-state index contributed by atoms with van der Waals surface area (Å²) >= 11 is 0. The zero-order valence-corrected chi connectivity index (χ0v) is 12.8. The standard InChI is InChI=1S/C16H17N5O2/c1-20-13-11-14(21-7-9-22-10-8-21)17-18-16(13)23-15(19-20)12-5-3-2-4-6-12/h2-6,11H,7-10H2,1H3. The van der Waals surface area contributed by atoms with Gasteiger partial charge in [-0.2, -0.15) is 0 Å². The maximum Gasteiger partial charge on any atom is 0.266 e. The van der Waals surface area contributed by atoms with Crippen LogP contribution in [0.5, 0.6) is 5.88 Å². The highest BCUT2D eigenvalue weighted by Gasteiger charge is 2.24. The fourth-order valence-electron chi connectivity index (χ4n) is 2.61. The topological polar surface area (TPSA) is 63.1 Å². The molecule has 2 aliphatic heterocycles. The Balaban J connectivity index is 1.63. The van der Waals surface area contributed by atoms with Crippen LogP contribution in [0.15, 0.2) is 41.5 Å². The van der Waals surface area contributed by atoms with Gasteiger partial charge < -0.3 is 14.4 Å². The minimum atomic E-state index is 0.471. The number of benzene rings is 1. The van der Waals surface area contributed by atoms with E-state index in [0.717, 1.165) is 30.2 Å². The molecule has 3 heterocycles. The molecule has 0 amide bonds. The van der Waals surface area contributed by atoms with Gasteiger partial charge in [0.05, 0.1) is 13.2 Å². The molecular formula is C16H17N5O2. The summed E-state index contributed by atoms with van der Waals surface area (Å²) in [6.45, 7) is 3.05. The number of rotatable bonds is 2. The average Bonchev–Trinajstić information content (AvgIpc) is 2.63. The minimum Gasteiger partial charge on any atom is -0.415 e. The quantitative estimate of drug-likeness (QED) is 0.837. The van der Waals surface area contributed by atoms with Crippen molar-refractivity contribution in [3.8, 4) is 5.88 Å². The van der Waals surface area contributed by atoms with Gasteiger partial charge in [0.25, 0.3) is 5.88 Å². The highest BCUT2D eigenvalue weighted by Crippen LogP contribution is 2.32. The Kier molecular flexibility index (Phi) is 3.55. The minimum absolute atomic E-state index is 0.471. The molecule has 118 valence electrons. The SMILES string of the molecule is CN1N=C(c2ccccc2)Oc2nnc(N3CCOCC3)cc21. The Bertz CT molecular complexity index is 729. The highest BCUT2D eigenvalue weighted by molar-refractivity contribution is 5.97. The van der Waals surface area contributed by atoms with E-state index in [1.807, 2.05) is 43.4 Å². The van der Waals surface area contributed by atoms with Crippen LogP contribution in [0.4, 0.5) is 11.5 Å². The van der Waals surface area contributed by atoms with E-state index in [9.17, 15) is 0 Å². The molecule has 0 bridgehead atoms. The fraction of sp³-hybridized carbons (Fsp3) is 0.312. The van der Waals surface area contributed by atoms with Crippen LogP contribution < -0.4 is 14.6 Å². The Labute approximate surface area is 134 Å². The van der Waals surface area contributed by atoms with Crippen LogP contribution in [-0.4, -0.2) is 49.4 Å². The predicted molar refractivity (Wildman–Crippen MR) is 87.1 cm³/mol. The maximum atomic E-state index is 5.82. The van der Waals surface area contributed by atoms with Crippen molar-refractivity contribution in [2.24, 2.45) is 5.10 Å². The van der Waals surface area contributed by atoms with Crippen LogP contribution in [0.25, 0.3) is 0 Å². The number of ether oxygens (including phenoxy) is 2. The van der Waals surface area contributed by atoms with Gasteiger partial charge in [-0.05, 0) is 12.1 Å². The van der Waals surface area contributed by atoms with Gasteiger partial charge in [0.15, 0.2) is 5.82 Å². The summed E-state index contributed by atoms with van der Waals surface area (Å²) in [6.07, 6.45) is 0. The van der Waals surface area contributed by atoms with Crippen LogP contribution in [-0.2, 0) is 4.74 Å². The van der Waals surface area contributed by atoms with Crippen LogP contribution in [0, 0.1) is 0 Å². The van der Waals surface area contributed by atoms with Gasteiger partial charge in [0, 0.05) is 31.8 Å². The molecule has 1 aromatic heterocycles. The van der Waals surface area contributed by atoms with E-state index in [1.165, 1.54) is 0 Å². The lowest BCUT2D eigenvalue weighted by Gasteiger charge is -2.29. The number of nitrogens with zero attached hydrogens (tertiary/aromatic N) is 5. The van der Waals surface area contributed by atoms with Crippen LogP contribution in [0.1, 0.15) is 5.56 Å². The second-order valence-electron chi connectivity index (χ2n) is 5.39. The van der Waals surface area contributed by atoms with Gasteiger partial charge in [-0.1, -0.05) is 18.2 Å². The summed E-state index contributed by atoms with van der Waals surface area (Å²) in [4.78, 5) is 2.15. The molecule has 0 radical (unpaired) electrons. The molecule has 7 nitrogen and oxygen atoms in total. The Morgan fingerprint density at radius 1 is 1.04 bits per heavy atom. The fourth-order valence-corrected chi connectivity index (χ4v) is 2.61. The molecule has 4 rings (SSSR count). The molecule has 0 atom stereocenters. The van der Waals surface area contributed by atoms with E-state index < -0.39 is 0 Å². The van der Waals surface area contributed by atoms with Crippen LogP contribution in [0.2, 0.25) is 0 Å². The van der Waals surface area contributed by atoms with Crippen molar-refractivity contribution >= 4 is 17.4 Å². The third-order valence-electron chi connectivity index (χ3n) is 3.87. The van der Waals surface area contributed by atoms with Gasteiger partial charge in [-0.3, -0.25) is 5.01 Å². The van der Waals surface area contributed by atoms with Crippen LogP contribution >= 0.6 is 0 Å². The van der Waals surface area contributed by atoms with Crippen molar-refractivity contribution in [2.75, 3.05) is 43.3 Å².